The first-order chi connectivity index (χ1) is 10.1. The van der Waals surface area contributed by atoms with Crippen molar-refractivity contribution in [2.24, 2.45) is 0 Å². The molecular formula is C15H18N2O3S. The number of benzene rings is 1. The lowest BCUT2D eigenvalue weighted by molar-refractivity contribution is 0.0349. The molecule has 2 saturated heterocycles. The van der Waals surface area contributed by atoms with Crippen LogP contribution in [-0.4, -0.2) is 38.0 Å². The fourth-order valence-corrected chi connectivity index (χ4v) is 5.60. The number of fused-ring (bicyclic) bond motifs is 2. The number of piperidine rings is 1. The van der Waals surface area contributed by atoms with E-state index in [9.17, 15) is 8.42 Å². The third kappa shape index (κ3) is 2.35. The molecule has 2 atom stereocenters. The van der Waals surface area contributed by atoms with E-state index in [1.165, 1.54) is 6.07 Å². The summed E-state index contributed by atoms with van der Waals surface area (Å²) in [6, 6.07) is 8.39. The van der Waals surface area contributed by atoms with Crippen LogP contribution in [0.25, 0.3) is 0 Å². The van der Waals surface area contributed by atoms with E-state index in [2.05, 4.69) is 0 Å². The molecule has 2 bridgehead atoms. The van der Waals surface area contributed by atoms with E-state index in [0.717, 1.165) is 25.7 Å². The van der Waals surface area contributed by atoms with Gasteiger partial charge in [0.05, 0.1) is 16.6 Å². The number of hydrogen-bond acceptors (Lipinski definition) is 4. The van der Waals surface area contributed by atoms with Crippen LogP contribution in [-0.2, 0) is 14.8 Å². The molecule has 0 N–H and O–H groups in total. The van der Waals surface area contributed by atoms with E-state index < -0.39 is 10.0 Å². The number of hydrogen-bond donors (Lipinski definition) is 0. The van der Waals surface area contributed by atoms with Crippen molar-refractivity contribution in [3.8, 4) is 6.07 Å². The second-order valence-electron chi connectivity index (χ2n) is 5.66. The van der Waals surface area contributed by atoms with Gasteiger partial charge in [-0.15, -0.1) is 0 Å². The van der Waals surface area contributed by atoms with Gasteiger partial charge in [0, 0.05) is 19.2 Å². The van der Waals surface area contributed by atoms with Crippen molar-refractivity contribution in [1.82, 2.24) is 4.31 Å². The van der Waals surface area contributed by atoms with Gasteiger partial charge in [0.15, 0.2) is 0 Å². The zero-order valence-electron chi connectivity index (χ0n) is 11.9. The van der Waals surface area contributed by atoms with E-state index in [0.29, 0.717) is 0 Å². The summed E-state index contributed by atoms with van der Waals surface area (Å²) >= 11 is 0. The maximum absolute atomic E-state index is 13.0. The summed E-state index contributed by atoms with van der Waals surface area (Å²) in [6.07, 6.45) is 3.36. The van der Waals surface area contributed by atoms with Crippen molar-refractivity contribution in [1.29, 1.82) is 5.26 Å². The van der Waals surface area contributed by atoms with Crippen LogP contribution in [0.2, 0.25) is 0 Å². The molecule has 0 amide bonds. The van der Waals surface area contributed by atoms with Crippen LogP contribution in [0.3, 0.4) is 0 Å². The Labute approximate surface area is 125 Å². The zero-order chi connectivity index (χ0) is 15.0. The van der Waals surface area contributed by atoms with Crippen LogP contribution in [0, 0.1) is 11.3 Å². The van der Waals surface area contributed by atoms with Crippen molar-refractivity contribution in [3.05, 3.63) is 29.8 Å². The fraction of sp³-hybridized carbons (Fsp3) is 0.533. The summed E-state index contributed by atoms with van der Waals surface area (Å²) in [5, 5.41) is 9.15. The van der Waals surface area contributed by atoms with Gasteiger partial charge in [-0.05, 0) is 37.8 Å². The van der Waals surface area contributed by atoms with Gasteiger partial charge < -0.3 is 4.74 Å². The second-order valence-corrected chi connectivity index (χ2v) is 7.47. The first-order valence-corrected chi connectivity index (χ1v) is 8.57. The van der Waals surface area contributed by atoms with E-state index in [1.807, 2.05) is 6.07 Å². The quantitative estimate of drug-likeness (QED) is 0.855. The van der Waals surface area contributed by atoms with Crippen LogP contribution in [0.15, 0.2) is 29.2 Å². The van der Waals surface area contributed by atoms with Gasteiger partial charge in [0.2, 0.25) is 10.0 Å². The third-order valence-corrected chi connectivity index (χ3v) is 6.58. The molecule has 2 heterocycles. The van der Waals surface area contributed by atoms with Crippen molar-refractivity contribution >= 4 is 10.0 Å². The third-order valence-electron chi connectivity index (χ3n) is 4.52. The molecule has 2 aliphatic heterocycles. The first kappa shape index (κ1) is 14.5. The molecule has 1 aromatic carbocycles. The predicted octanol–water partition coefficient (Wildman–Crippen LogP) is 1.89. The minimum Gasteiger partial charge on any atom is -0.381 e. The fourth-order valence-electron chi connectivity index (χ4n) is 3.57. The maximum atomic E-state index is 13.0. The molecule has 3 rings (SSSR count). The summed E-state index contributed by atoms with van der Waals surface area (Å²) in [5.74, 6) is 0. The number of ether oxygens (including phenoxy) is 1. The van der Waals surface area contributed by atoms with Crippen LogP contribution in [0.1, 0.15) is 31.2 Å². The first-order valence-electron chi connectivity index (χ1n) is 7.13. The van der Waals surface area contributed by atoms with Crippen molar-refractivity contribution in [2.75, 3.05) is 7.11 Å². The molecule has 2 unspecified atom stereocenters. The molecule has 112 valence electrons. The highest BCUT2D eigenvalue weighted by atomic mass is 32.2. The number of methoxy groups -OCH3 is 1. The molecule has 0 saturated carbocycles. The van der Waals surface area contributed by atoms with Crippen molar-refractivity contribution in [2.45, 2.75) is 48.8 Å². The van der Waals surface area contributed by atoms with E-state index >= 15 is 0 Å². The van der Waals surface area contributed by atoms with Gasteiger partial charge in [-0.2, -0.15) is 9.57 Å². The molecule has 0 aromatic heterocycles. The second kappa shape index (κ2) is 5.41. The molecule has 0 spiro atoms. The highest BCUT2D eigenvalue weighted by Crippen LogP contribution is 2.40. The Morgan fingerprint density at radius 1 is 1.24 bits per heavy atom. The average Bonchev–Trinajstić information content (AvgIpc) is 2.79. The van der Waals surface area contributed by atoms with Gasteiger partial charge in [0.1, 0.15) is 6.07 Å². The summed E-state index contributed by atoms with van der Waals surface area (Å²) in [6.45, 7) is 0. The van der Waals surface area contributed by atoms with E-state index in [-0.39, 0.29) is 28.6 Å². The van der Waals surface area contributed by atoms with Crippen LogP contribution in [0.4, 0.5) is 0 Å². The zero-order valence-corrected chi connectivity index (χ0v) is 12.7. The largest absolute Gasteiger partial charge is 0.381 e. The van der Waals surface area contributed by atoms with E-state index in [4.69, 9.17) is 10.00 Å². The van der Waals surface area contributed by atoms with Gasteiger partial charge >= 0.3 is 0 Å². The molecule has 0 aliphatic carbocycles. The molecule has 0 radical (unpaired) electrons. The van der Waals surface area contributed by atoms with Crippen LogP contribution < -0.4 is 0 Å². The monoisotopic (exact) mass is 306 g/mol. The summed E-state index contributed by atoms with van der Waals surface area (Å²) < 4.78 is 32.9. The minimum absolute atomic E-state index is 0.00884. The van der Waals surface area contributed by atoms with Gasteiger partial charge in [-0.25, -0.2) is 8.42 Å². The van der Waals surface area contributed by atoms with Gasteiger partial charge in [-0.3, -0.25) is 0 Å². The van der Waals surface area contributed by atoms with Crippen LogP contribution >= 0.6 is 0 Å². The summed E-state index contributed by atoms with van der Waals surface area (Å²) in [7, 11) is -1.94. The lowest BCUT2D eigenvalue weighted by Gasteiger charge is -2.37. The molecule has 2 aliphatic rings. The lowest BCUT2D eigenvalue weighted by atomic mass is 10.0. The molecule has 1 aromatic rings. The standard InChI is InChI=1S/C15H18N2O3S/c1-20-14-8-12-6-7-13(9-14)17(12)21(18,19)15-5-3-2-4-11(15)10-16/h2-5,12-14H,6-9H2,1H3. The van der Waals surface area contributed by atoms with Crippen LogP contribution in [0.5, 0.6) is 0 Å². The normalized spacial score (nSPS) is 29.2. The molecule has 21 heavy (non-hydrogen) atoms. The average molecular weight is 306 g/mol. The Balaban J connectivity index is 1.99. The Bertz CT molecular complexity index is 666. The Morgan fingerprint density at radius 3 is 2.43 bits per heavy atom. The number of nitriles is 1. The van der Waals surface area contributed by atoms with Crippen molar-refractivity contribution in [3.63, 3.8) is 0 Å². The number of nitrogens with zero attached hydrogens (tertiary/aromatic N) is 2. The smallest absolute Gasteiger partial charge is 0.244 e. The van der Waals surface area contributed by atoms with Crippen molar-refractivity contribution < 1.29 is 13.2 Å². The highest BCUT2D eigenvalue weighted by molar-refractivity contribution is 7.89. The predicted molar refractivity (Wildman–Crippen MR) is 77.0 cm³/mol. The topological polar surface area (TPSA) is 70.4 Å². The van der Waals surface area contributed by atoms with E-state index in [1.54, 1.807) is 29.6 Å². The number of sulfonamides is 1. The van der Waals surface area contributed by atoms with Gasteiger partial charge in [0.25, 0.3) is 0 Å². The number of rotatable bonds is 3. The highest BCUT2D eigenvalue weighted by Gasteiger charge is 2.47. The SMILES string of the molecule is COC1CC2CCC(C1)N2S(=O)(=O)c1ccccc1C#N. The molecule has 5 nitrogen and oxygen atoms in total. The molecule has 6 heteroatoms. The Kier molecular flexibility index (Phi) is 3.74. The lowest BCUT2D eigenvalue weighted by Crippen LogP contribution is -2.48. The Morgan fingerprint density at radius 2 is 1.86 bits per heavy atom. The molecule has 2 fully saturated rings. The summed E-state index contributed by atoms with van der Waals surface area (Å²) in [4.78, 5) is 0.125. The minimum atomic E-state index is -3.62. The molecular weight excluding hydrogens is 288 g/mol. The van der Waals surface area contributed by atoms with Gasteiger partial charge in [-0.1, -0.05) is 12.1 Å². The summed E-state index contributed by atoms with van der Waals surface area (Å²) in [5.41, 5.74) is 0.214. The maximum Gasteiger partial charge on any atom is 0.244 e. The Hall–Kier alpha value is -1.42.